The molecule has 0 aromatic heterocycles. The van der Waals surface area contributed by atoms with E-state index in [9.17, 15) is 18.0 Å². The Balaban J connectivity index is 1.81. The summed E-state index contributed by atoms with van der Waals surface area (Å²) >= 11 is 0. The van der Waals surface area contributed by atoms with Gasteiger partial charge in [-0.1, -0.05) is 12.5 Å². The Bertz CT molecular complexity index is 1140. The van der Waals surface area contributed by atoms with Crippen LogP contribution in [-0.4, -0.2) is 57.9 Å². The number of piperidine rings is 1. The summed E-state index contributed by atoms with van der Waals surface area (Å²) < 4.78 is 43.3. The van der Waals surface area contributed by atoms with Gasteiger partial charge in [0.15, 0.2) is 6.10 Å². The first-order valence-electron chi connectivity index (χ1n) is 10.8. The van der Waals surface area contributed by atoms with Crippen LogP contribution >= 0.6 is 0 Å². The molecular weight excluding hydrogens is 446 g/mol. The van der Waals surface area contributed by atoms with Gasteiger partial charge < -0.3 is 14.2 Å². The van der Waals surface area contributed by atoms with Crippen LogP contribution in [0.3, 0.4) is 0 Å². The van der Waals surface area contributed by atoms with Crippen LogP contribution in [0.1, 0.15) is 52.5 Å². The molecule has 0 saturated carbocycles. The SMILES string of the molecule is COc1ccc(C(=O)[C@H](C)OC(=O)c2cc(S(=O)(=O)N3CCCCC3)ccc2C)c(OC)c1. The molecule has 0 spiro atoms. The first-order chi connectivity index (χ1) is 15.7. The fraction of sp³-hybridized carbons (Fsp3) is 0.417. The second kappa shape index (κ2) is 10.4. The summed E-state index contributed by atoms with van der Waals surface area (Å²) in [6.45, 7) is 4.08. The standard InChI is InChI=1S/C24H29NO7S/c1-16-8-10-19(33(28,29)25-12-6-5-7-13-25)15-21(16)24(27)32-17(2)23(26)20-11-9-18(30-3)14-22(20)31-4/h8-11,14-15,17H,5-7,12-13H2,1-4H3/t17-/m0/s1. The van der Waals surface area contributed by atoms with Crippen LogP contribution in [-0.2, 0) is 14.8 Å². The van der Waals surface area contributed by atoms with Crippen LogP contribution < -0.4 is 9.47 Å². The van der Waals surface area contributed by atoms with Crippen molar-refractivity contribution in [2.75, 3.05) is 27.3 Å². The summed E-state index contributed by atoms with van der Waals surface area (Å²) in [7, 11) is -0.775. The molecular formula is C24H29NO7S. The summed E-state index contributed by atoms with van der Waals surface area (Å²) in [5.74, 6) is -0.391. The highest BCUT2D eigenvalue weighted by molar-refractivity contribution is 7.89. The molecule has 1 aliphatic rings. The molecule has 2 aromatic carbocycles. The quantitative estimate of drug-likeness (QED) is 0.425. The van der Waals surface area contributed by atoms with Crippen molar-refractivity contribution in [3.05, 3.63) is 53.1 Å². The zero-order valence-electron chi connectivity index (χ0n) is 19.3. The van der Waals surface area contributed by atoms with Crippen LogP contribution in [0.5, 0.6) is 11.5 Å². The minimum Gasteiger partial charge on any atom is -0.497 e. The Hall–Kier alpha value is -2.91. The number of ether oxygens (including phenoxy) is 3. The highest BCUT2D eigenvalue weighted by atomic mass is 32.2. The Morgan fingerprint density at radius 1 is 0.939 bits per heavy atom. The summed E-state index contributed by atoms with van der Waals surface area (Å²) in [5, 5.41) is 0. The average Bonchev–Trinajstić information content (AvgIpc) is 2.83. The molecule has 0 unspecified atom stereocenters. The minimum atomic E-state index is -3.71. The van der Waals surface area contributed by atoms with Gasteiger partial charge in [-0.15, -0.1) is 0 Å². The molecule has 1 saturated heterocycles. The molecule has 0 N–H and O–H groups in total. The first-order valence-corrected chi connectivity index (χ1v) is 12.2. The number of nitrogens with zero attached hydrogens (tertiary/aromatic N) is 1. The first kappa shape index (κ1) is 24.7. The number of hydrogen-bond donors (Lipinski definition) is 0. The number of Topliss-reactive ketones (excluding diaryl/α,β-unsaturated/α-hetero) is 1. The topological polar surface area (TPSA) is 99.2 Å². The third kappa shape index (κ3) is 5.36. The van der Waals surface area contributed by atoms with E-state index in [2.05, 4.69) is 0 Å². The second-order valence-corrected chi connectivity index (χ2v) is 9.86. The molecule has 1 atom stereocenters. The highest BCUT2D eigenvalue weighted by Gasteiger charge is 2.29. The molecule has 1 aliphatic heterocycles. The van der Waals surface area contributed by atoms with E-state index in [4.69, 9.17) is 14.2 Å². The molecule has 0 bridgehead atoms. The van der Waals surface area contributed by atoms with E-state index in [1.165, 1.54) is 37.6 Å². The maximum atomic E-state index is 13.0. The smallest absolute Gasteiger partial charge is 0.339 e. The molecule has 0 radical (unpaired) electrons. The van der Waals surface area contributed by atoms with Crippen molar-refractivity contribution >= 4 is 21.8 Å². The number of esters is 1. The lowest BCUT2D eigenvalue weighted by Gasteiger charge is -2.26. The number of aryl methyl sites for hydroxylation is 1. The maximum absolute atomic E-state index is 13.0. The Morgan fingerprint density at radius 2 is 1.64 bits per heavy atom. The van der Waals surface area contributed by atoms with E-state index < -0.39 is 27.9 Å². The lowest BCUT2D eigenvalue weighted by Crippen LogP contribution is -2.35. The zero-order valence-corrected chi connectivity index (χ0v) is 20.1. The molecule has 9 heteroatoms. The van der Waals surface area contributed by atoms with Crippen LogP contribution in [0.15, 0.2) is 41.3 Å². The molecule has 1 heterocycles. The van der Waals surface area contributed by atoms with Gasteiger partial charge in [0.25, 0.3) is 0 Å². The average molecular weight is 476 g/mol. The molecule has 178 valence electrons. The molecule has 0 amide bonds. The van der Waals surface area contributed by atoms with Crippen molar-refractivity contribution in [2.24, 2.45) is 0 Å². The van der Waals surface area contributed by atoms with E-state index in [1.807, 2.05) is 0 Å². The van der Waals surface area contributed by atoms with Gasteiger partial charge in [-0.05, 0) is 56.5 Å². The van der Waals surface area contributed by atoms with E-state index in [0.717, 1.165) is 19.3 Å². The van der Waals surface area contributed by atoms with Crippen LogP contribution in [0.2, 0.25) is 0 Å². The largest absolute Gasteiger partial charge is 0.497 e. The van der Waals surface area contributed by atoms with Gasteiger partial charge in [0.05, 0.1) is 30.2 Å². The molecule has 0 aliphatic carbocycles. The summed E-state index contributed by atoms with van der Waals surface area (Å²) in [6, 6.07) is 9.12. The fourth-order valence-electron chi connectivity index (χ4n) is 3.73. The van der Waals surface area contributed by atoms with Gasteiger partial charge in [-0.25, -0.2) is 13.2 Å². The van der Waals surface area contributed by atoms with Gasteiger partial charge >= 0.3 is 5.97 Å². The number of hydrogen-bond acceptors (Lipinski definition) is 7. The predicted octanol–water partition coefficient (Wildman–Crippen LogP) is 3.62. The minimum absolute atomic E-state index is 0.0396. The highest BCUT2D eigenvalue weighted by Crippen LogP contribution is 2.27. The van der Waals surface area contributed by atoms with E-state index in [-0.39, 0.29) is 16.0 Å². The lowest BCUT2D eigenvalue weighted by molar-refractivity contribution is 0.0316. The molecule has 8 nitrogen and oxygen atoms in total. The number of sulfonamides is 1. The monoisotopic (exact) mass is 475 g/mol. The number of carbonyl (C=O) groups excluding carboxylic acids is 2. The van der Waals surface area contributed by atoms with Crippen LogP contribution in [0, 0.1) is 6.92 Å². The molecule has 1 fully saturated rings. The molecule has 2 aromatic rings. The van der Waals surface area contributed by atoms with Crippen molar-refractivity contribution in [1.29, 1.82) is 0 Å². The number of rotatable bonds is 8. The van der Waals surface area contributed by atoms with Gasteiger partial charge in [-0.3, -0.25) is 4.79 Å². The van der Waals surface area contributed by atoms with Crippen molar-refractivity contribution in [1.82, 2.24) is 4.31 Å². The van der Waals surface area contributed by atoms with Crippen molar-refractivity contribution in [3.63, 3.8) is 0 Å². The number of ketones is 1. The number of methoxy groups -OCH3 is 2. The van der Waals surface area contributed by atoms with E-state index in [1.54, 1.807) is 31.2 Å². The maximum Gasteiger partial charge on any atom is 0.339 e. The molecule has 3 rings (SSSR count). The van der Waals surface area contributed by atoms with Crippen LogP contribution in [0.25, 0.3) is 0 Å². The van der Waals surface area contributed by atoms with Crippen molar-refractivity contribution < 1.29 is 32.2 Å². The Morgan fingerprint density at radius 3 is 2.27 bits per heavy atom. The van der Waals surface area contributed by atoms with Gasteiger partial charge in [0.1, 0.15) is 11.5 Å². The Kier molecular flexibility index (Phi) is 7.76. The molecule has 33 heavy (non-hydrogen) atoms. The Labute approximate surface area is 194 Å². The summed E-state index contributed by atoms with van der Waals surface area (Å²) in [4.78, 5) is 25.8. The second-order valence-electron chi connectivity index (χ2n) is 7.92. The number of carbonyl (C=O) groups is 2. The summed E-state index contributed by atoms with van der Waals surface area (Å²) in [6.07, 6.45) is 1.52. The van der Waals surface area contributed by atoms with Gasteiger partial charge in [-0.2, -0.15) is 4.31 Å². The normalized spacial score (nSPS) is 15.5. The van der Waals surface area contributed by atoms with Gasteiger partial charge in [0.2, 0.25) is 15.8 Å². The van der Waals surface area contributed by atoms with Crippen molar-refractivity contribution in [2.45, 2.75) is 44.1 Å². The predicted molar refractivity (Wildman–Crippen MR) is 123 cm³/mol. The van der Waals surface area contributed by atoms with E-state index >= 15 is 0 Å². The third-order valence-corrected chi connectivity index (χ3v) is 7.60. The van der Waals surface area contributed by atoms with E-state index in [0.29, 0.717) is 30.2 Å². The zero-order chi connectivity index (χ0) is 24.2. The lowest BCUT2D eigenvalue weighted by atomic mass is 10.1. The third-order valence-electron chi connectivity index (χ3n) is 5.71. The number of benzene rings is 2. The summed E-state index contributed by atoms with van der Waals surface area (Å²) in [5.41, 5.74) is 0.908. The van der Waals surface area contributed by atoms with Crippen LogP contribution in [0.4, 0.5) is 0 Å². The fourth-order valence-corrected chi connectivity index (χ4v) is 5.28. The van der Waals surface area contributed by atoms with Gasteiger partial charge in [0, 0.05) is 19.2 Å². The van der Waals surface area contributed by atoms with Crippen molar-refractivity contribution in [3.8, 4) is 11.5 Å².